The van der Waals surface area contributed by atoms with E-state index < -0.39 is 10.0 Å². The third-order valence-corrected chi connectivity index (χ3v) is 6.94. The Morgan fingerprint density at radius 2 is 1.93 bits per heavy atom. The van der Waals surface area contributed by atoms with Crippen LogP contribution in [0.15, 0.2) is 53.4 Å². The highest BCUT2D eigenvalue weighted by molar-refractivity contribution is 7.98. The van der Waals surface area contributed by atoms with Gasteiger partial charge in [-0.05, 0) is 42.0 Å². The number of thioether (sulfide) groups is 1. The van der Waals surface area contributed by atoms with Crippen LogP contribution in [-0.4, -0.2) is 51.6 Å². The molecular weight excluding hydrogens is 420 g/mol. The molecule has 2 rings (SSSR count). The summed E-state index contributed by atoms with van der Waals surface area (Å²) in [6.07, 6.45) is 0. The molecule has 0 heterocycles. The molecule has 0 unspecified atom stereocenters. The van der Waals surface area contributed by atoms with Crippen LogP contribution in [0.3, 0.4) is 0 Å². The predicted molar refractivity (Wildman–Crippen MR) is 113 cm³/mol. The summed E-state index contributed by atoms with van der Waals surface area (Å²) in [6, 6.07) is 13.7. The van der Waals surface area contributed by atoms with Crippen molar-refractivity contribution in [2.24, 2.45) is 0 Å². The van der Waals surface area contributed by atoms with Gasteiger partial charge in [-0.2, -0.15) is 16.1 Å². The topological polar surface area (TPSA) is 75.7 Å². The van der Waals surface area contributed by atoms with Gasteiger partial charge in [-0.1, -0.05) is 23.7 Å². The van der Waals surface area contributed by atoms with E-state index in [1.54, 1.807) is 23.9 Å². The average molecular weight is 443 g/mol. The number of likely N-dealkylation sites (N-methyl/N-ethyl adjacent to an activating group) is 1. The van der Waals surface area contributed by atoms with E-state index in [1.165, 1.54) is 26.3 Å². The summed E-state index contributed by atoms with van der Waals surface area (Å²) in [7, 11) is -0.846. The molecule has 6 nitrogen and oxygen atoms in total. The highest BCUT2D eigenvalue weighted by atomic mass is 35.5. The van der Waals surface area contributed by atoms with E-state index in [2.05, 4.69) is 5.32 Å². The number of nitrogens with one attached hydrogen (secondary N) is 1. The van der Waals surface area contributed by atoms with Gasteiger partial charge in [0.05, 0.1) is 18.6 Å². The normalized spacial score (nSPS) is 11.4. The summed E-state index contributed by atoms with van der Waals surface area (Å²) in [4.78, 5) is 12.2. The molecule has 0 fully saturated rings. The minimum absolute atomic E-state index is 0.112. The highest BCUT2D eigenvalue weighted by Crippen LogP contribution is 2.18. The first-order valence-corrected chi connectivity index (χ1v) is 11.5. The molecule has 0 saturated heterocycles. The molecule has 0 bridgehead atoms. The molecule has 0 saturated carbocycles. The molecule has 0 spiro atoms. The summed E-state index contributed by atoms with van der Waals surface area (Å²) in [5, 5.41) is 3.44. The Hall–Kier alpha value is -1.74. The predicted octanol–water partition coefficient (Wildman–Crippen LogP) is 3.02. The minimum Gasteiger partial charge on any atom is -0.497 e. The van der Waals surface area contributed by atoms with Crippen molar-refractivity contribution in [2.45, 2.75) is 10.6 Å². The SMILES string of the molecule is COc1ccc(S(=O)(=O)N(C)CC(=O)NCCSCc2cccc(Cl)c2)cc1. The maximum absolute atomic E-state index is 12.5. The van der Waals surface area contributed by atoms with Crippen molar-refractivity contribution in [1.82, 2.24) is 9.62 Å². The van der Waals surface area contributed by atoms with E-state index in [1.807, 2.05) is 24.3 Å². The maximum Gasteiger partial charge on any atom is 0.243 e. The monoisotopic (exact) mass is 442 g/mol. The molecule has 28 heavy (non-hydrogen) atoms. The van der Waals surface area contributed by atoms with Crippen molar-refractivity contribution in [3.63, 3.8) is 0 Å². The van der Waals surface area contributed by atoms with E-state index >= 15 is 0 Å². The van der Waals surface area contributed by atoms with Crippen LogP contribution in [0.2, 0.25) is 5.02 Å². The zero-order valence-electron chi connectivity index (χ0n) is 15.7. The van der Waals surface area contributed by atoms with Crippen molar-refractivity contribution in [2.75, 3.05) is 33.0 Å². The van der Waals surface area contributed by atoms with Gasteiger partial charge in [-0.3, -0.25) is 4.79 Å². The fourth-order valence-electron chi connectivity index (χ4n) is 2.35. The summed E-state index contributed by atoms with van der Waals surface area (Å²) in [6.45, 7) is 0.216. The van der Waals surface area contributed by atoms with E-state index in [4.69, 9.17) is 16.3 Å². The molecule has 0 aliphatic rings. The summed E-state index contributed by atoms with van der Waals surface area (Å²) in [5.41, 5.74) is 1.12. The first-order valence-electron chi connectivity index (χ1n) is 8.52. The number of methoxy groups -OCH3 is 1. The second-order valence-corrected chi connectivity index (χ2v) is 9.56. The van der Waals surface area contributed by atoms with Gasteiger partial charge in [0.25, 0.3) is 0 Å². The first-order chi connectivity index (χ1) is 13.3. The summed E-state index contributed by atoms with van der Waals surface area (Å²) in [5.74, 6) is 1.73. The maximum atomic E-state index is 12.5. The number of ether oxygens (including phenoxy) is 1. The third-order valence-electron chi connectivity index (χ3n) is 3.86. The Kier molecular flexibility index (Phi) is 8.62. The van der Waals surface area contributed by atoms with E-state index in [0.29, 0.717) is 23.1 Å². The lowest BCUT2D eigenvalue weighted by atomic mass is 10.2. The summed E-state index contributed by atoms with van der Waals surface area (Å²) >= 11 is 7.61. The number of rotatable bonds is 10. The van der Waals surface area contributed by atoms with Gasteiger partial charge < -0.3 is 10.1 Å². The second kappa shape index (κ2) is 10.7. The molecule has 152 valence electrons. The number of nitrogens with zero attached hydrogens (tertiary/aromatic N) is 1. The lowest BCUT2D eigenvalue weighted by molar-refractivity contribution is -0.121. The largest absolute Gasteiger partial charge is 0.497 e. The number of carbonyl (C=O) groups excluding carboxylic acids is 1. The fourth-order valence-corrected chi connectivity index (χ4v) is 4.50. The Balaban J connectivity index is 1.75. The number of carbonyl (C=O) groups is 1. The number of hydrogen-bond donors (Lipinski definition) is 1. The first kappa shape index (κ1) is 22.5. The average Bonchev–Trinajstić information content (AvgIpc) is 2.67. The lowest BCUT2D eigenvalue weighted by Crippen LogP contribution is -2.39. The van der Waals surface area contributed by atoms with Crippen LogP contribution in [0.4, 0.5) is 0 Å². The molecular formula is C19H23ClN2O4S2. The van der Waals surface area contributed by atoms with E-state index in [-0.39, 0.29) is 17.3 Å². The molecule has 9 heteroatoms. The van der Waals surface area contributed by atoms with E-state index in [0.717, 1.165) is 15.6 Å². The Morgan fingerprint density at radius 1 is 1.21 bits per heavy atom. The number of halogens is 1. The van der Waals surface area contributed by atoms with Crippen molar-refractivity contribution in [3.8, 4) is 5.75 Å². The minimum atomic E-state index is -3.74. The Bertz CT molecular complexity index is 889. The summed E-state index contributed by atoms with van der Waals surface area (Å²) < 4.78 is 31.1. The molecule has 1 N–H and O–H groups in total. The Labute approximate surface area is 175 Å². The third kappa shape index (κ3) is 6.70. The van der Waals surface area contributed by atoms with Crippen LogP contribution in [-0.2, 0) is 20.6 Å². The number of amides is 1. The molecule has 1 amide bonds. The van der Waals surface area contributed by atoms with Gasteiger partial charge >= 0.3 is 0 Å². The van der Waals surface area contributed by atoms with Crippen molar-refractivity contribution >= 4 is 39.3 Å². The van der Waals surface area contributed by atoms with Crippen LogP contribution in [0.1, 0.15) is 5.56 Å². The molecule has 0 radical (unpaired) electrons. The molecule has 2 aromatic carbocycles. The van der Waals surface area contributed by atoms with E-state index in [9.17, 15) is 13.2 Å². The van der Waals surface area contributed by atoms with Crippen molar-refractivity contribution in [1.29, 1.82) is 0 Å². The van der Waals surface area contributed by atoms with Crippen LogP contribution in [0.5, 0.6) is 5.75 Å². The van der Waals surface area contributed by atoms with Gasteiger partial charge in [0.15, 0.2) is 0 Å². The van der Waals surface area contributed by atoms with Crippen LogP contribution in [0.25, 0.3) is 0 Å². The second-order valence-electron chi connectivity index (χ2n) is 5.97. The molecule has 0 aliphatic heterocycles. The zero-order valence-corrected chi connectivity index (χ0v) is 18.1. The number of hydrogen-bond acceptors (Lipinski definition) is 5. The number of benzene rings is 2. The van der Waals surface area contributed by atoms with Crippen molar-refractivity contribution < 1.29 is 17.9 Å². The van der Waals surface area contributed by atoms with Gasteiger partial charge in [0, 0.05) is 30.1 Å². The molecule has 0 atom stereocenters. The molecule has 0 aliphatic carbocycles. The van der Waals surface area contributed by atoms with Crippen LogP contribution < -0.4 is 10.1 Å². The van der Waals surface area contributed by atoms with Crippen molar-refractivity contribution in [3.05, 3.63) is 59.1 Å². The Morgan fingerprint density at radius 3 is 2.57 bits per heavy atom. The van der Waals surface area contributed by atoms with Crippen LogP contribution in [0, 0.1) is 0 Å². The van der Waals surface area contributed by atoms with Gasteiger partial charge in [-0.15, -0.1) is 0 Å². The standard InChI is InChI=1S/C19H23ClN2O4S2/c1-22(28(24,25)18-8-6-17(26-2)7-9-18)13-19(23)21-10-11-27-14-15-4-3-5-16(20)12-15/h3-9,12H,10-11,13-14H2,1-2H3,(H,21,23). The number of sulfonamides is 1. The van der Waals surface area contributed by atoms with Gasteiger partial charge in [-0.25, -0.2) is 8.42 Å². The highest BCUT2D eigenvalue weighted by Gasteiger charge is 2.22. The van der Waals surface area contributed by atoms with Gasteiger partial charge in [0.2, 0.25) is 15.9 Å². The fraction of sp³-hybridized carbons (Fsp3) is 0.316. The van der Waals surface area contributed by atoms with Gasteiger partial charge in [0.1, 0.15) is 5.75 Å². The zero-order chi connectivity index (χ0) is 20.6. The lowest BCUT2D eigenvalue weighted by Gasteiger charge is -2.17. The molecule has 0 aromatic heterocycles. The quantitative estimate of drug-likeness (QED) is 0.572. The van der Waals surface area contributed by atoms with Crippen LogP contribution >= 0.6 is 23.4 Å². The smallest absolute Gasteiger partial charge is 0.243 e. The molecule has 2 aromatic rings.